The van der Waals surface area contributed by atoms with Gasteiger partial charge in [-0.25, -0.2) is 0 Å². The summed E-state index contributed by atoms with van der Waals surface area (Å²) in [6.07, 6.45) is 0.784. The third kappa shape index (κ3) is 2.12. The Labute approximate surface area is 101 Å². The van der Waals surface area contributed by atoms with Crippen LogP contribution >= 0.6 is 0 Å². The van der Waals surface area contributed by atoms with E-state index in [1.807, 2.05) is 6.07 Å². The molecule has 1 heterocycles. The first-order chi connectivity index (χ1) is 8.05. The molecule has 0 bridgehead atoms. The Bertz CT molecular complexity index is 562. The molecule has 0 aromatic heterocycles. The van der Waals surface area contributed by atoms with Crippen LogP contribution in [-0.4, -0.2) is 32.9 Å². The van der Waals surface area contributed by atoms with Gasteiger partial charge >= 0.3 is 10.2 Å². The molecule has 1 aromatic rings. The molecule has 6 heteroatoms. The summed E-state index contributed by atoms with van der Waals surface area (Å²) in [6.45, 7) is 0.998. The minimum absolute atomic E-state index is 0.460. The number of anilines is 1. The van der Waals surface area contributed by atoms with Crippen LogP contribution in [-0.2, 0) is 10.2 Å². The largest absolute Gasteiger partial charge is 0.303 e. The molecule has 90 valence electrons. The summed E-state index contributed by atoms with van der Waals surface area (Å²) in [5.74, 6) is 0. The summed E-state index contributed by atoms with van der Waals surface area (Å²) >= 11 is 0. The van der Waals surface area contributed by atoms with E-state index in [-0.39, 0.29) is 0 Å². The standard InChI is InChI=1S/C11H13N3O2S/c1-13-6-3-7-14(17(13,15)16)11-5-2-4-10(8-11)9-12/h2,4-5,8H,3,6-7H2,1H3. The molecular formula is C11H13N3O2S. The van der Waals surface area contributed by atoms with Crippen LogP contribution in [0.5, 0.6) is 0 Å². The number of hydrogen-bond donors (Lipinski definition) is 0. The average molecular weight is 251 g/mol. The molecule has 0 spiro atoms. The van der Waals surface area contributed by atoms with Gasteiger partial charge < -0.3 is 0 Å². The second-order valence-corrected chi connectivity index (χ2v) is 5.88. The molecule has 0 N–H and O–H groups in total. The van der Waals surface area contributed by atoms with Crippen molar-refractivity contribution in [3.8, 4) is 6.07 Å². The van der Waals surface area contributed by atoms with E-state index in [0.29, 0.717) is 24.3 Å². The van der Waals surface area contributed by atoms with Crippen LogP contribution in [0, 0.1) is 11.3 Å². The van der Waals surface area contributed by atoms with Crippen molar-refractivity contribution in [2.24, 2.45) is 0 Å². The highest BCUT2D eigenvalue weighted by Crippen LogP contribution is 2.24. The summed E-state index contributed by atoms with van der Waals surface area (Å²) in [5, 5.41) is 8.81. The lowest BCUT2D eigenvalue weighted by Gasteiger charge is -2.33. The summed E-state index contributed by atoms with van der Waals surface area (Å²) in [5.41, 5.74) is 1.02. The second kappa shape index (κ2) is 4.35. The number of rotatable bonds is 1. The molecule has 17 heavy (non-hydrogen) atoms. The predicted octanol–water partition coefficient (Wildman–Crippen LogP) is 0.945. The van der Waals surface area contributed by atoms with E-state index in [1.165, 1.54) is 8.61 Å². The summed E-state index contributed by atoms with van der Waals surface area (Å²) in [6, 6.07) is 8.66. The Morgan fingerprint density at radius 3 is 2.82 bits per heavy atom. The Morgan fingerprint density at radius 2 is 2.12 bits per heavy atom. The SMILES string of the molecule is CN1CCCN(c2cccc(C#N)c2)S1(=O)=O. The van der Waals surface area contributed by atoms with Crippen LogP contribution < -0.4 is 4.31 Å². The van der Waals surface area contributed by atoms with Gasteiger partial charge in [-0.2, -0.15) is 18.0 Å². The molecule has 0 saturated carbocycles. The van der Waals surface area contributed by atoms with Crippen molar-refractivity contribution in [3.05, 3.63) is 29.8 Å². The molecule has 0 aliphatic carbocycles. The lowest BCUT2D eigenvalue weighted by Crippen LogP contribution is -2.47. The highest BCUT2D eigenvalue weighted by Gasteiger charge is 2.30. The summed E-state index contributed by atoms with van der Waals surface area (Å²) in [4.78, 5) is 0. The first-order valence-electron chi connectivity index (χ1n) is 5.30. The van der Waals surface area contributed by atoms with Crippen molar-refractivity contribution in [1.82, 2.24) is 4.31 Å². The average Bonchev–Trinajstić information content (AvgIpc) is 2.32. The van der Waals surface area contributed by atoms with Crippen molar-refractivity contribution in [3.63, 3.8) is 0 Å². The normalized spacial score (nSPS) is 19.9. The van der Waals surface area contributed by atoms with Crippen LogP contribution in [0.4, 0.5) is 5.69 Å². The monoisotopic (exact) mass is 251 g/mol. The van der Waals surface area contributed by atoms with Gasteiger partial charge in [0.2, 0.25) is 0 Å². The minimum Gasteiger partial charge on any atom is -0.258 e. The van der Waals surface area contributed by atoms with Crippen molar-refractivity contribution in [2.75, 3.05) is 24.4 Å². The van der Waals surface area contributed by atoms with Crippen LogP contribution in [0.15, 0.2) is 24.3 Å². The molecule has 0 atom stereocenters. The number of nitrogens with zero attached hydrogens (tertiary/aromatic N) is 3. The molecule has 1 aliphatic rings. The van der Waals surface area contributed by atoms with Crippen LogP contribution in [0.2, 0.25) is 0 Å². The van der Waals surface area contributed by atoms with E-state index in [2.05, 4.69) is 0 Å². The maximum atomic E-state index is 12.1. The molecule has 5 nitrogen and oxygen atoms in total. The van der Waals surface area contributed by atoms with Crippen molar-refractivity contribution < 1.29 is 8.42 Å². The van der Waals surface area contributed by atoms with Crippen molar-refractivity contribution in [2.45, 2.75) is 6.42 Å². The predicted molar refractivity (Wildman–Crippen MR) is 64.7 cm³/mol. The number of nitriles is 1. The lowest BCUT2D eigenvalue weighted by atomic mass is 10.2. The second-order valence-electron chi connectivity index (χ2n) is 3.92. The Morgan fingerprint density at radius 1 is 1.35 bits per heavy atom. The molecule has 0 unspecified atom stereocenters. The maximum Gasteiger partial charge on any atom is 0.303 e. The molecule has 1 fully saturated rings. The maximum absolute atomic E-state index is 12.1. The van der Waals surface area contributed by atoms with Gasteiger partial charge in [0.25, 0.3) is 0 Å². The third-order valence-electron chi connectivity index (χ3n) is 2.77. The zero-order chi connectivity index (χ0) is 12.5. The van der Waals surface area contributed by atoms with Gasteiger partial charge in [0.1, 0.15) is 0 Å². The van der Waals surface area contributed by atoms with Gasteiger partial charge in [0.05, 0.1) is 17.3 Å². The van der Waals surface area contributed by atoms with Gasteiger partial charge in [-0.3, -0.25) is 4.31 Å². The summed E-state index contributed by atoms with van der Waals surface area (Å²) < 4.78 is 26.8. The molecule has 1 aliphatic heterocycles. The van der Waals surface area contributed by atoms with E-state index in [4.69, 9.17) is 5.26 Å². The quantitative estimate of drug-likeness (QED) is 0.746. The molecule has 1 aromatic carbocycles. The van der Waals surface area contributed by atoms with E-state index >= 15 is 0 Å². The van der Waals surface area contributed by atoms with Crippen molar-refractivity contribution in [1.29, 1.82) is 5.26 Å². The van der Waals surface area contributed by atoms with E-state index in [0.717, 1.165) is 6.42 Å². The fourth-order valence-corrected chi connectivity index (χ4v) is 3.26. The zero-order valence-electron chi connectivity index (χ0n) is 9.50. The van der Waals surface area contributed by atoms with Gasteiger partial charge in [0.15, 0.2) is 0 Å². The van der Waals surface area contributed by atoms with Crippen LogP contribution in [0.3, 0.4) is 0 Å². The highest BCUT2D eigenvalue weighted by atomic mass is 32.2. The van der Waals surface area contributed by atoms with E-state index in [1.54, 1.807) is 31.3 Å². The molecular weight excluding hydrogens is 238 g/mol. The number of benzene rings is 1. The van der Waals surface area contributed by atoms with Gasteiger partial charge in [0, 0.05) is 20.1 Å². The lowest BCUT2D eigenvalue weighted by molar-refractivity contribution is 0.438. The van der Waals surface area contributed by atoms with E-state index in [9.17, 15) is 8.42 Å². The zero-order valence-corrected chi connectivity index (χ0v) is 10.3. The Balaban J connectivity index is 2.42. The number of hydrogen-bond acceptors (Lipinski definition) is 3. The fraction of sp³-hybridized carbons (Fsp3) is 0.364. The van der Waals surface area contributed by atoms with Crippen LogP contribution in [0.25, 0.3) is 0 Å². The first kappa shape index (κ1) is 11.9. The van der Waals surface area contributed by atoms with Gasteiger partial charge in [-0.15, -0.1) is 0 Å². The Hall–Kier alpha value is -1.58. The summed E-state index contributed by atoms with van der Waals surface area (Å²) in [7, 11) is -1.86. The van der Waals surface area contributed by atoms with Crippen LogP contribution in [0.1, 0.15) is 12.0 Å². The molecule has 2 rings (SSSR count). The highest BCUT2D eigenvalue weighted by molar-refractivity contribution is 7.90. The smallest absolute Gasteiger partial charge is 0.258 e. The molecule has 0 radical (unpaired) electrons. The molecule has 0 amide bonds. The Kier molecular flexibility index (Phi) is 3.05. The first-order valence-corrected chi connectivity index (χ1v) is 6.69. The van der Waals surface area contributed by atoms with E-state index < -0.39 is 10.2 Å². The molecule has 1 saturated heterocycles. The van der Waals surface area contributed by atoms with Crippen molar-refractivity contribution >= 4 is 15.9 Å². The third-order valence-corrected chi connectivity index (χ3v) is 4.69. The fourth-order valence-electron chi connectivity index (χ4n) is 1.83. The minimum atomic E-state index is -3.42. The van der Waals surface area contributed by atoms with Gasteiger partial charge in [-0.1, -0.05) is 6.07 Å². The van der Waals surface area contributed by atoms with Gasteiger partial charge in [-0.05, 0) is 24.6 Å². The topological polar surface area (TPSA) is 64.4 Å².